The number of amides is 1. The maximum atomic E-state index is 12.3. The molecule has 1 aliphatic rings. The molecule has 0 spiro atoms. The molecule has 132 valence electrons. The van der Waals surface area contributed by atoms with Crippen LogP contribution in [0.15, 0.2) is 42.5 Å². The fraction of sp³-hybridized carbons (Fsp3) is 0.316. The third-order valence-electron chi connectivity index (χ3n) is 4.42. The molecule has 1 saturated heterocycles. The fourth-order valence-electron chi connectivity index (χ4n) is 2.89. The van der Waals surface area contributed by atoms with Crippen molar-refractivity contribution in [2.75, 3.05) is 43.4 Å². The molecule has 2 aromatic rings. The molecule has 0 unspecified atom stereocenters. The Kier molecular flexibility index (Phi) is 5.84. The Labute approximate surface area is 158 Å². The normalized spacial score (nSPS) is 15.2. The third kappa shape index (κ3) is 4.66. The van der Waals surface area contributed by atoms with Crippen LogP contribution in [-0.4, -0.2) is 44.0 Å². The van der Waals surface area contributed by atoms with Gasteiger partial charge in [0.25, 0.3) is 0 Å². The van der Waals surface area contributed by atoms with Gasteiger partial charge in [-0.05, 0) is 49.0 Å². The first-order valence-corrected chi connectivity index (χ1v) is 9.05. The lowest BCUT2D eigenvalue weighted by Gasteiger charge is -2.34. The summed E-state index contributed by atoms with van der Waals surface area (Å²) in [6.07, 6.45) is 0.152. The largest absolute Gasteiger partial charge is 0.369 e. The lowest BCUT2D eigenvalue weighted by atomic mass is 10.1. The summed E-state index contributed by atoms with van der Waals surface area (Å²) >= 11 is 12.2. The highest BCUT2D eigenvalue weighted by atomic mass is 35.5. The van der Waals surface area contributed by atoms with Crippen molar-refractivity contribution in [3.63, 3.8) is 0 Å². The second-order valence-electron chi connectivity index (χ2n) is 6.26. The molecular weight excluding hydrogens is 357 g/mol. The zero-order valence-electron chi connectivity index (χ0n) is 14.1. The Balaban J connectivity index is 1.60. The fourth-order valence-corrected chi connectivity index (χ4v) is 3.42. The van der Waals surface area contributed by atoms with Gasteiger partial charge in [0, 0.05) is 47.6 Å². The molecule has 1 heterocycles. The van der Waals surface area contributed by atoms with E-state index in [1.54, 1.807) is 18.2 Å². The first kappa shape index (κ1) is 18.1. The summed E-state index contributed by atoms with van der Waals surface area (Å²) in [6.45, 7) is 4.18. The summed E-state index contributed by atoms with van der Waals surface area (Å²) in [7, 11) is 2.14. The molecule has 0 bridgehead atoms. The summed E-state index contributed by atoms with van der Waals surface area (Å²) in [5, 5.41) is 3.91. The van der Waals surface area contributed by atoms with Gasteiger partial charge in [-0.25, -0.2) is 0 Å². The highest BCUT2D eigenvalue weighted by Gasteiger charge is 2.15. The van der Waals surface area contributed by atoms with Gasteiger partial charge >= 0.3 is 0 Å². The molecule has 1 fully saturated rings. The maximum absolute atomic E-state index is 12.3. The number of hydrogen-bond donors (Lipinski definition) is 1. The van der Waals surface area contributed by atoms with Crippen LogP contribution in [0, 0.1) is 0 Å². The van der Waals surface area contributed by atoms with Crippen molar-refractivity contribution in [2.24, 2.45) is 0 Å². The summed E-state index contributed by atoms with van der Waals surface area (Å²) in [4.78, 5) is 16.9. The molecule has 6 heteroatoms. The van der Waals surface area contributed by atoms with Crippen LogP contribution in [0.3, 0.4) is 0 Å². The van der Waals surface area contributed by atoms with Gasteiger partial charge in [-0.1, -0.05) is 29.3 Å². The maximum Gasteiger partial charge on any atom is 0.228 e. The number of nitrogens with zero attached hydrogens (tertiary/aromatic N) is 2. The van der Waals surface area contributed by atoms with Crippen LogP contribution in [-0.2, 0) is 11.2 Å². The van der Waals surface area contributed by atoms with Gasteiger partial charge in [0.15, 0.2) is 0 Å². The molecule has 25 heavy (non-hydrogen) atoms. The van der Waals surface area contributed by atoms with Crippen molar-refractivity contribution < 1.29 is 4.79 Å². The summed E-state index contributed by atoms with van der Waals surface area (Å²) in [6, 6.07) is 13.2. The van der Waals surface area contributed by atoms with Gasteiger partial charge < -0.3 is 15.1 Å². The van der Waals surface area contributed by atoms with Gasteiger partial charge in [0.05, 0.1) is 6.42 Å². The summed E-state index contributed by atoms with van der Waals surface area (Å²) < 4.78 is 0. The predicted octanol–water partition coefficient (Wildman–Crippen LogP) is 3.93. The average Bonchev–Trinajstić information content (AvgIpc) is 2.60. The minimum Gasteiger partial charge on any atom is -0.369 e. The van der Waals surface area contributed by atoms with Crippen molar-refractivity contribution in [3.8, 4) is 0 Å². The number of benzene rings is 2. The number of nitrogens with one attached hydrogen (secondary N) is 1. The van der Waals surface area contributed by atoms with Gasteiger partial charge in [-0.3, -0.25) is 4.79 Å². The van der Waals surface area contributed by atoms with Gasteiger partial charge in [-0.15, -0.1) is 0 Å². The first-order valence-electron chi connectivity index (χ1n) is 8.29. The van der Waals surface area contributed by atoms with E-state index in [1.807, 2.05) is 24.3 Å². The van der Waals surface area contributed by atoms with Crippen LogP contribution >= 0.6 is 23.2 Å². The second kappa shape index (κ2) is 8.09. The standard InChI is InChI=1S/C19H21Cl2N3O/c1-23-9-11-24(12-10-23)15-7-5-14(6-8-15)22-19(25)13-16-17(20)3-2-4-18(16)21/h2-8H,9-13H2,1H3,(H,22,25). The van der Waals surface area contributed by atoms with Crippen molar-refractivity contribution in [1.82, 2.24) is 4.90 Å². The van der Waals surface area contributed by atoms with Gasteiger partial charge in [-0.2, -0.15) is 0 Å². The van der Waals surface area contributed by atoms with Crippen LogP contribution in [0.4, 0.5) is 11.4 Å². The van der Waals surface area contributed by atoms with Crippen LogP contribution < -0.4 is 10.2 Å². The number of carbonyl (C=O) groups is 1. The van der Waals surface area contributed by atoms with E-state index in [0.717, 1.165) is 31.9 Å². The number of likely N-dealkylation sites (N-methyl/N-ethyl adjacent to an activating group) is 1. The van der Waals surface area contributed by atoms with Crippen molar-refractivity contribution >= 4 is 40.5 Å². The molecule has 1 aliphatic heterocycles. The second-order valence-corrected chi connectivity index (χ2v) is 7.08. The van der Waals surface area contributed by atoms with Gasteiger partial charge in [0.1, 0.15) is 0 Å². The van der Waals surface area contributed by atoms with Crippen molar-refractivity contribution in [3.05, 3.63) is 58.1 Å². The van der Waals surface area contributed by atoms with E-state index >= 15 is 0 Å². The molecule has 2 aromatic carbocycles. The van der Waals surface area contributed by atoms with E-state index in [4.69, 9.17) is 23.2 Å². The number of carbonyl (C=O) groups excluding carboxylic acids is 1. The Bertz CT molecular complexity index is 721. The highest BCUT2D eigenvalue weighted by molar-refractivity contribution is 6.36. The minimum atomic E-state index is -0.137. The summed E-state index contributed by atoms with van der Waals surface area (Å²) in [5.74, 6) is -0.137. The first-order chi connectivity index (χ1) is 12.0. The van der Waals surface area contributed by atoms with E-state index in [-0.39, 0.29) is 12.3 Å². The SMILES string of the molecule is CN1CCN(c2ccc(NC(=O)Cc3c(Cl)cccc3Cl)cc2)CC1. The molecule has 0 saturated carbocycles. The summed E-state index contributed by atoms with van der Waals surface area (Å²) in [5.41, 5.74) is 2.60. The molecule has 0 atom stereocenters. The Morgan fingerprint density at radius 1 is 1.00 bits per heavy atom. The highest BCUT2D eigenvalue weighted by Crippen LogP contribution is 2.25. The van der Waals surface area contributed by atoms with Crippen LogP contribution in [0.2, 0.25) is 10.0 Å². The Hall–Kier alpha value is -1.75. The van der Waals surface area contributed by atoms with E-state index in [2.05, 4.69) is 22.2 Å². The monoisotopic (exact) mass is 377 g/mol. The molecule has 3 rings (SSSR count). The van der Waals surface area contributed by atoms with E-state index in [9.17, 15) is 4.79 Å². The van der Waals surface area contributed by atoms with Crippen LogP contribution in [0.5, 0.6) is 0 Å². The number of anilines is 2. The lowest BCUT2D eigenvalue weighted by Crippen LogP contribution is -2.44. The smallest absolute Gasteiger partial charge is 0.228 e. The van der Waals surface area contributed by atoms with Gasteiger partial charge in [0.2, 0.25) is 5.91 Å². The van der Waals surface area contributed by atoms with Crippen LogP contribution in [0.1, 0.15) is 5.56 Å². The number of halogens is 2. The number of hydrogen-bond acceptors (Lipinski definition) is 3. The predicted molar refractivity (Wildman–Crippen MR) is 105 cm³/mol. The van der Waals surface area contributed by atoms with E-state index < -0.39 is 0 Å². The van der Waals surface area contributed by atoms with Crippen molar-refractivity contribution in [1.29, 1.82) is 0 Å². The lowest BCUT2D eigenvalue weighted by molar-refractivity contribution is -0.115. The van der Waals surface area contributed by atoms with E-state index in [0.29, 0.717) is 15.6 Å². The third-order valence-corrected chi connectivity index (χ3v) is 5.13. The van der Waals surface area contributed by atoms with E-state index in [1.165, 1.54) is 5.69 Å². The Morgan fingerprint density at radius 2 is 1.60 bits per heavy atom. The molecule has 4 nitrogen and oxygen atoms in total. The minimum absolute atomic E-state index is 0.137. The molecular formula is C19H21Cl2N3O. The molecule has 1 N–H and O–H groups in total. The molecule has 0 aliphatic carbocycles. The Morgan fingerprint density at radius 3 is 2.20 bits per heavy atom. The zero-order valence-corrected chi connectivity index (χ0v) is 15.6. The average molecular weight is 378 g/mol. The zero-order chi connectivity index (χ0) is 17.8. The molecule has 0 radical (unpaired) electrons. The van der Waals surface area contributed by atoms with Crippen molar-refractivity contribution in [2.45, 2.75) is 6.42 Å². The van der Waals surface area contributed by atoms with Crippen LogP contribution in [0.25, 0.3) is 0 Å². The quantitative estimate of drug-likeness (QED) is 0.876. The number of rotatable bonds is 4. The molecule has 1 amide bonds. The number of piperazine rings is 1. The molecule has 0 aromatic heterocycles. The topological polar surface area (TPSA) is 35.6 Å².